The van der Waals surface area contributed by atoms with Crippen molar-refractivity contribution in [3.05, 3.63) is 28.8 Å². The van der Waals surface area contributed by atoms with Gasteiger partial charge >= 0.3 is 0 Å². The van der Waals surface area contributed by atoms with E-state index in [0.29, 0.717) is 23.8 Å². The van der Waals surface area contributed by atoms with E-state index in [-0.39, 0.29) is 18.4 Å². The van der Waals surface area contributed by atoms with E-state index in [1.807, 2.05) is 29.7 Å². The van der Waals surface area contributed by atoms with Crippen molar-refractivity contribution in [1.29, 1.82) is 0 Å². The lowest BCUT2D eigenvalue weighted by Gasteiger charge is -2.23. The molecule has 126 valence electrons. The molecular formula is C17H24ClN3O2. The number of hydrogen-bond donors (Lipinski definition) is 1. The van der Waals surface area contributed by atoms with Crippen LogP contribution in [0.25, 0.3) is 0 Å². The van der Waals surface area contributed by atoms with E-state index in [2.05, 4.69) is 5.32 Å². The summed E-state index contributed by atoms with van der Waals surface area (Å²) in [7, 11) is 0. The summed E-state index contributed by atoms with van der Waals surface area (Å²) in [5.41, 5.74) is 1.67. The molecule has 0 bridgehead atoms. The molecular weight excluding hydrogens is 314 g/mol. The van der Waals surface area contributed by atoms with E-state index in [4.69, 9.17) is 11.6 Å². The summed E-state index contributed by atoms with van der Waals surface area (Å²) >= 11 is 5.96. The Kier molecular flexibility index (Phi) is 6.42. The lowest BCUT2D eigenvalue weighted by molar-refractivity contribution is -0.131. The number of likely N-dealkylation sites (tertiary alicyclic amines) is 1. The van der Waals surface area contributed by atoms with Crippen molar-refractivity contribution < 1.29 is 9.59 Å². The van der Waals surface area contributed by atoms with Crippen molar-refractivity contribution in [2.45, 2.75) is 26.7 Å². The maximum atomic E-state index is 12.2. The van der Waals surface area contributed by atoms with Crippen LogP contribution in [0, 0.1) is 6.92 Å². The number of halogens is 1. The summed E-state index contributed by atoms with van der Waals surface area (Å²) in [6.45, 7) is 6.69. The van der Waals surface area contributed by atoms with Gasteiger partial charge in [0, 0.05) is 23.8 Å². The molecule has 1 aliphatic rings. The molecule has 1 N–H and O–H groups in total. The van der Waals surface area contributed by atoms with Crippen molar-refractivity contribution in [2.75, 3.05) is 38.0 Å². The average molecular weight is 338 g/mol. The quantitative estimate of drug-likeness (QED) is 0.868. The van der Waals surface area contributed by atoms with Gasteiger partial charge in [-0.1, -0.05) is 24.6 Å². The molecule has 0 radical (unpaired) electrons. The highest BCUT2D eigenvalue weighted by atomic mass is 35.5. The SMILES string of the molecule is CCN(CC(=O)Nc1cc(Cl)ccc1C)CC(=O)N1CCCC1. The fraction of sp³-hybridized carbons (Fsp3) is 0.529. The highest BCUT2D eigenvalue weighted by Crippen LogP contribution is 2.20. The van der Waals surface area contributed by atoms with Gasteiger partial charge in [0.2, 0.25) is 11.8 Å². The molecule has 0 aromatic heterocycles. The molecule has 0 aliphatic carbocycles. The molecule has 0 unspecified atom stereocenters. The molecule has 0 spiro atoms. The number of hydrogen-bond acceptors (Lipinski definition) is 3. The Bertz CT molecular complexity index is 571. The molecule has 1 heterocycles. The van der Waals surface area contributed by atoms with Crippen LogP contribution in [0.2, 0.25) is 5.02 Å². The van der Waals surface area contributed by atoms with Crippen LogP contribution in [0.4, 0.5) is 5.69 Å². The number of anilines is 1. The Hall–Kier alpha value is -1.59. The molecule has 1 fully saturated rings. The first-order valence-electron chi connectivity index (χ1n) is 8.05. The molecule has 1 saturated heterocycles. The van der Waals surface area contributed by atoms with Crippen LogP contribution >= 0.6 is 11.6 Å². The minimum atomic E-state index is -0.133. The Morgan fingerprint density at radius 1 is 1.26 bits per heavy atom. The molecule has 0 atom stereocenters. The fourth-order valence-corrected chi connectivity index (χ4v) is 2.83. The van der Waals surface area contributed by atoms with E-state index in [1.54, 1.807) is 12.1 Å². The van der Waals surface area contributed by atoms with Gasteiger partial charge in [0.1, 0.15) is 0 Å². The van der Waals surface area contributed by atoms with Crippen molar-refractivity contribution >= 4 is 29.1 Å². The summed E-state index contributed by atoms with van der Waals surface area (Å²) in [4.78, 5) is 28.1. The van der Waals surface area contributed by atoms with Gasteiger partial charge < -0.3 is 10.2 Å². The average Bonchev–Trinajstić information content (AvgIpc) is 3.04. The number of amides is 2. The maximum Gasteiger partial charge on any atom is 0.238 e. The third kappa shape index (κ3) is 5.22. The molecule has 2 rings (SSSR count). The van der Waals surface area contributed by atoms with E-state index in [0.717, 1.165) is 31.5 Å². The minimum absolute atomic E-state index is 0.107. The second kappa shape index (κ2) is 8.31. The van der Waals surface area contributed by atoms with Gasteiger partial charge in [-0.05, 0) is 44.0 Å². The molecule has 1 aromatic carbocycles. The van der Waals surface area contributed by atoms with Crippen molar-refractivity contribution in [2.24, 2.45) is 0 Å². The van der Waals surface area contributed by atoms with Crippen LogP contribution < -0.4 is 5.32 Å². The van der Waals surface area contributed by atoms with Gasteiger partial charge in [-0.3, -0.25) is 14.5 Å². The first-order valence-corrected chi connectivity index (χ1v) is 8.43. The number of nitrogens with zero attached hydrogens (tertiary/aromatic N) is 2. The van der Waals surface area contributed by atoms with Crippen LogP contribution in [-0.4, -0.2) is 54.3 Å². The zero-order valence-corrected chi connectivity index (χ0v) is 14.5. The Labute approximate surface area is 142 Å². The van der Waals surface area contributed by atoms with E-state index < -0.39 is 0 Å². The van der Waals surface area contributed by atoms with Gasteiger partial charge in [0.15, 0.2) is 0 Å². The van der Waals surface area contributed by atoms with Gasteiger partial charge in [-0.25, -0.2) is 0 Å². The Balaban J connectivity index is 1.88. The maximum absolute atomic E-state index is 12.2. The van der Waals surface area contributed by atoms with Gasteiger partial charge in [-0.2, -0.15) is 0 Å². The number of rotatable bonds is 6. The van der Waals surface area contributed by atoms with Crippen molar-refractivity contribution in [3.63, 3.8) is 0 Å². The second-order valence-corrected chi connectivity index (χ2v) is 6.34. The predicted molar refractivity (Wildman–Crippen MR) is 92.7 cm³/mol. The normalized spacial score (nSPS) is 14.3. The van der Waals surface area contributed by atoms with Crippen LogP contribution in [0.1, 0.15) is 25.3 Å². The van der Waals surface area contributed by atoms with Crippen LogP contribution in [0.5, 0.6) is 0 Å². The van der Waals surface area contributed by atoms with Gasteiger partial charge in [-0.15, -0.1) is 0 Å². The molecule has 23 heavy (non-hydrogen) atoms. The van der Waals surface area contributed by atoms with E-state index in [1.165, 1.54) is 0 Å². The lowest BCUT2D eigenvalue weighted by Crippen LogP contribution is -2.42. The monoisotopic (exact) mass is 337 g/mol. The molecule has 1 aromatic rings. The van der Waals surface area contributed by atoms with Gasteiger partial charge in [0.25, 0.3) is 0 Å². The Morgan fingerprint density at radius 3 is 2.61 bits per heavy atom. The minimum Gasteiger partial charge on any atom is -0.342 e. The van der Waals surface area contributed by atoms with Crippen LogP contribution in [-0.2, 0) is 9.59 Å². The van der Waals surface area contributed by atoms with E-state index >= 15 is 0 Å². The smallest absolute Gasteiger partial charge is 0.238 e. The fourth-order valence-electron chi connectivity index (χ4n) is 2.66. The Morgan fingerprint density at radius 2 is 1.96 bits per heavy atom. The first kappa shape index (κ1) is 17.8. The second-order valence-electron chi connectivity index (χ2n) is 5.90. The number of likely N-dealkylation sites (N-methyl/N-ethyl adjacent to an activating group) is 1. The summed E-state index contributed by atoms with van der Waals surface area (Å²) in [5, 5.41) is 3.45. The van der Waals surface area contributed by atoms with E-state index in [9.17, 15) is 9.59 Å². The number of carbonyl (C=O) groups is 2. The first-order chi connectivity index (χ1) is 11.0. The molecule has 6 heteroatoms. The largest absolute Gasteiger partial charge is 0.342 e. The third-order valence-electron chi connectivity index (χ3n) is 4.11. The number of carbonyl (C=O) groups excluding carboxylic acids is 2. The zero-order valence-electron chi connectivity index (χ0n) is 13.8. The van der Waals surface area contributed by atoms with Crippen molar-refractivity contribution in [1.82, 2.24) is 9.80 Å². The summed E-state index contributed by atoms with van der Waals surface area (Å²) < 4.78 is 0. The highest BCUT2D eigenvalue weighted by Gasteiger charge is 2.21. The van der Waals surface area contributed by atoms with Crippen molar-refractivity contribution in [3.8, 4) is 0 Å². The number of nitrogens with one attached hydrogen (secondary N) is 1. The highest BCUT2D eigenvalue weighted by molar-refractivity contribution is 6.31. The standard InChI is InChI=1S/C17H24ClN3O2/c1-3-20(12-17(23)21-8-4-5-9-21)11-16(22)19-15-10-14(18)7-6-13(15)2/h6-7,10H,3-5,8-9,11-12H2,1-2H3,(H,19,22). The summed E-state index contributed by atoms with van der Waals surface area (Å²) in [6.07, 6.45) is 2.15. The third-order valence-corrected chi connectivity index (χ3v) is 4.34. The number of aryl methyl sites for hydroxylation is 1. The van der Waals surface area contributed by atoms with Gasteiger partial charge in [0.05, 0.1) is 13.1 Å². The molecule has 1 aliphatic heterocycles. The summed E-state index contributed by atoms with van der Waals surface area (Å²) in [6, 6.07) is 5.40. The number of benzene rings is 1. The van der Waals surface area contributed by atoms with Crippen LogP contribution in [0.15, 0.2) is 18.2 Å². The summed E-state index contributed by atoms with van der Waals surface area (Å²) in [5.74, 6) is -0.0254. The predicted octanol–water partition coefficient (Wildman–Crippen LogP) is 2.53. The molecule has 0 saturated carbocycles. The topological polar surface area (TPSA) is 52.7 Å². The molecule has 2 amide bonds. The van der Waals surface area contributed by atoms with Crippen LogP contribution in [0.3, 0.4) is 0 Å². The zero-order chi connectivity index (χ0) is 16.8. The lowest BCUT2D eigenvalue weighted by atomic mass is 10.2. The molecule has 5 nitrogen and oxygen atoms in total.